The second kappa shape index (κ2) is 5.22. The van der Waals surface area contributed by atoms with Crippen molar-refractivity contribution in [1.82, 2.24) is 5.32 Å². The Hall–Kier alpha value is -0.820. The maximum atomic E-state index is 3.59. The van der Waals surface area contributed by atoms with Crippen molar-refractivity contribution >= 4 is 0 Å². The van der Waals surface area contributed by atoms with E-state index >= 15 is 0 Å². The van der Waals surface area contributed by atoms with Gasteiger partial charge in [-0.05, 0) is 37.8 Å². The molecule has 0 radical (unpaired) electrons. The van der Waals surface area contributed by atoms with Crippen LogP contribution in [0, 0.1) is 5.92 Å². The lowest BCUT2D eigenvalue weighted by molar-refractivity contribution is 0.310. The quantitative estimate of drug-likeness (QED) is 0.786. The molecule has 94 valence electrons. The summed E-state index contributed by atoms with van der Waals surface area (Å²) >= 11 is 0. The van der Waals surface area contributed by atoms with E-state index in [-0.39, 0.29) is 0 Å². The van der Waals surface area contributed by atoms with Gasteiger partial charge < -0.3 is 5.32 Å². The molecule has 1 aliphatic carbocycles. The summed E-state index contributed by atoms with van der Waals surface area (Å²) in [6.45, 7) is 4.68. The van der Waals surface area contributed by atoms with Crippen LogP contribution in [0.25, 0.3) is 0 Å². The molecule has 1 aromatic carbocycles. The lowest BCUT2D eigenvalue weighted by atomic mass is 9.80. The second-order valence-electron chi connectivity index (χ2n) is 5.55. The highest BCUT2D eigenvalue weighted by molar-refractivity contribution is 5.34. The van der Waals surface area contributed by atoms with E-state index in [2.05, 4.69) is 56.5 Å². The fraction of sp³-hybridized carbons (Fsp3) is 0.625. The highest BCUT2D eigenvalue weighted by Crippen LogP contribution is 2.53. The molecule has 17 heavy (non-hydrogen) atoms. The van der Waals surface area contributed by atoms with Gasteiger partial charge in [0.1, 0.15) is 0 Å². The molecule has 0 spiro atoms. The van der Waals surface area contributed by atoms with Crippen molar-refractivity contribution in [2.24, 2.45) is 5.92 Å². The van der Waals surface area contributed by atoms with Crippen LogP contribution in [-0.2, 0) is 5.41 Å². The Morgan fingerprint density at radius 2 is 1.88 bits per heavy atom. The molecule has 0 bridgehead atoms. The summed E-state index contributed by atoms with van der Waals surface area (Å²) in [7, 11) is 2.12. The zero-order valence-corrected chi connectivity index (χ0v) is 11.4. The van der Waals surface area contributed by atoms with Crippen molar-refractivity contribution in [3.05, 3.63) is 35.9 Å². The molecule has 0 amide bonds. The van der Waals surface area contributed by atoms with Crippen LogP contribution in [0.2, 0.25) is 0 Å². The number of benzene rings is 1. The van der Waals surface area contributed by atoms with Gasteiger partial charge in [-0.25, -0.2) is 0 Å². The van der Waals surface area contributed by atoms with Crippen LogP contribution in [0.1, 0.15) is 45.1 Å². The number of hydrogen-bond donors (Lipinski definition) is 1. The van der Waals surface area contributed by atoms with Crippen LogP contribution in [0.15, 0.2) is 30.3 Å². The summed E-state index contributed by atoms with van der Waals surface area (Å²) in [5.74, 6) is 0.757. The predicted octanol–water partition coefficient (Wildman–Crippen LogP) is 3.74. The van der Waals surface area contributed by atoms with Gasteiger partial charge in [-0.1, -0.05) is 50.6 Å². The highest BCUT2D eigenvalue weighted by atomic mass is 14.9. The molecule has 1 aromatic rings. The van der Waals surface area contributed by atoms with Crippen molar-refractivity contribution in [3.63, 3.8) is 0 Å². The molecule has 1 N–H and O–H groups in total. The van der Waals surface area contributed by atoms with Gasteiger partial charge in [0.2, 0.25) is 0 Å². The third-order valence-corrected chi connectivity index (χ3v) is 4.36. The molecule has 0 aromatic heterocycles. The third-order valence-electron chi connectivity index (χ3n) is 4.36. The third kappa shape index (κ3) is 2.40. The zero-order valence-electron chi connectivity index (χ0n) is 11.4. The van der Waals surface area contributed by atoms with Gasteiger partial charge in [-0.3, -0.25) is 0 Å². The molecule has 2 rings (SSSR count). The standard InChI is InChI=1S/C16H25N/c1-4-8-13(2)15(17-3)16(11-12-16)14-9-6-5-7-10-14/h5-7,9-10,13,15,17H,4,8,11-12H2,1-3H3. The fourth-order valence-electron chi connectivity index (χ4n) is 3.41. The van der Waals surface area contributed by atoms with Gasteiger partial charge in [0.15, 0.2) is 0 Å². The normalized spacial score (nSPS) is 20.9. The van der Waals surface area contributed by atoms with E-state index in [9.17, 15) is 0 Å². The average molecular weight is 231 g/mol. The van der Waals surface area contributed by atoms with Crippen LogP contribution in [-0.4, -0.2) is 13.1 Å². The van der Waals surface area contributed by atoms with Crippen molar-refractivity contribution in [2.75, 3.05) is 7.05 Å². The van der Waals surface area contributed by atoms with Crippen molar-refractivity contribution < 1.29 is 0 Å². The Balaban J connectivity index is 2.19. The van der Waals surface area contributed by atoms with Gasteiger partial charge in [0, 0.05) is 11.5 Å². The van der Waals surface area contributed by atoms with Crippen molar-refractivity contribution in [2.45, 2.75) is 51.0 Å². The largest absolute Gasteiger partial charge is 0.316 e. The number of likely N-dealkylation sites (N-methyl/N-ethyl adjacent to an activating group) is 1. The lowest BCUT2D eigenvalue weighted by Gasteiger charge is -2.32. The summed E-state index contributed by atoms with van der Waals surface area (Å²) in [5, 5.41) is 3.59. The molecular weight excluding hydrogens is 206 g/mol. The van der Waals surface area contributed by atoms with Crippen molar-refractivity contribution in [3.8, 4) is 0 Å². The highest BCUT2D eigenvalue weighted by Gasteiger charge is 2.51. The van der Waals surface area contributed by atoms with Crippen LogP contribution in [0.3, 0.4) is 0 Å². The first-order valence-corrected chi connectivity index (χ1v) is 6.97. The van der Waals surface area contributed by atoms with Gasteiger partial charge >= 0.3 is 0 Å². The minimum Gasteiger partial charge on any atom is -0.316 e. The van der Waals surface area contributed by atoms with Gasteiger partial charge in [0.25, 0.3) is 0 Å². The SMILES string of the molecule is CCCC(C)C(NC)C1(c2ccccc2)CC1. The first-order valence-electron chi connectivity index (χ1n) is 6.97. The summed E-state index contributed by atoms with van der Waals surface area (Å²) in [6, 6.07) is 11.7. The van der Waals surface area contributed by atoms with E-state index in [1.807, 2.05) is 0 Å². The number of hydrogen-bond acceptors (Lipinski definition) is 1. The second-order valence-corrected chi connectivity index (χ2v) is 5.55. The minimum absolute atomic E-state index is 0.421. The Morgan fingerprint density at radius 1 is 1.24 bits per heavy atom. The van der Waals surface area contributed by atoms with Gasteiger partial charge in [0.05, 0.1) is 0 Å². The monoisotopic (exact) mass is 231 g/mol. The van der Waals surface area contributed by atoms with Crippen LogP contribution < -0.4 is 5.32 Å². The summed E-state index contributed by atoms with van der Waals surface area (Å²) in [4.78, 5) is 0. The molecule has 2 atom stereocenters. The maximum absolute atomic E-state index is 3.59. The van der Waals surface area contributed by atoms with Crippen LogP contribution in [0.4, 0.5) is 0 Å². The Kier molecular flexibility index (Phi) is 3.88. The smallest absolute Gasteiger partial charge is 0.0187 e. The van der Waals surface area contributed by atoms with Crippen LogP contribution >= 0.6 is 0 Å². The van der Waals surface area contributed by atoms with E-state index < -0.39 is 0 Å². The van der Waals surface area contributed by atoms with E-state index in [4.69, 9.17) is 0 Å². The van der Waals surface area contributed by atoms with E-state index in [0.717, 1.165) is 5.92 Å². The van der Waals surface area contributed by atoms with Crippen molar-refractivity contribution in [1.29, 1.82) is 0 Å². The molecule has 0 aliphatic heterocycles. The molecule has 0 heterocycles. The fourth-order valence-corrected chi connectivity index (χ4v) is 3.41. The molecule has 1 nitrogen and oxygen atoms in total. The first-order chi connectivity index (χ1) is 8.24. The van der Waals surface area contributed by atoms with Crippen LogP contribution in [0.5, 0.6) is 0 Å². The molecule has 1 heteroatoms. The molecule has 2 unspecified atom stereocenters. The maximum Gasteiger partial charge on any atom is 0.0187 e. The predicted molar refractivity (Wildman–Crippen MR) is 74.3 cm³/mol. The first kappa shape index (κ1) is 12.6. The number of nitrogens with one attached hydrogen (secondary N) is 1. The molecule has 1 saturated carbocycles. The summed E-state index contributed by atoms with van der Waals surface area (Å²) in [5.41, 5.74) is 1.95. The van der Waals surface area contributed by atoms with Gasteiger partial charge in [-0.2, -0.15) is 0 Å². The lowest BCUT2D eigenvalue weighted by Crippen LogP contribution is -2.42. The Bertz CT molecular complexity index is 340. The zero-order chi connectivity index (χ0) is 12.3. The van der Waals surface area contributed by atoms with Gasteiger partial charge in [-0.15, -0.1) is 0 Å². The Labute approximate surface area is 106 Å². The molecule has 0 saturated heterocycles. The molecular formula is C16H25N. The van der Waals surface area contributed by atoms with E-state index in [1.165, 1.54) is 31.2 Å². The minimum atomic E-state index is 0.421. The molecule has 1 fully saturated rings. The van der Waals surface area contributed by atoms with E-state index in [1.54, 1.807) is 0 Å². The van der Waals surface area contributed by atoms with E-state index in [0.29, 0.717) is 11.5 Å². The number of rotatable bonds is 6. The topological polar surface area (TPSA) is 12.0 Å². The average Bonchev–Trinajstić information content (AvgIpc) is 3.13. The Morgan fingerprint density at radius 3 is 2.35 bits per heavy atom. The molecule has 1 aliphatic rings. The summed E-state index contributed by atoms with van der Waals surface area (Å²) in [6.07, 6.45) is 5.29. The summed E-state index contributed by atoms with van der Waals surface area (Å²) < 4.78 is 0.